The van der Waals surface area contributed by atoms with Gasteiger partial charge in [-0.2, -0.15) is 13.2 Å². The fraction of sp³-hybridized carbons (Fsp3) is 0.0476. The lowest BCUT2D eigenvalue weighted by molar-refractivity contribution is -0.137. The van der Waals surface area contributed by atoms with E-state index in [2.05, 4.69) is 9.97 Å². The average molecular weight is 445 g/mol. The molecule has 0 spiro atoms. The average Bonchev–Trinajstić information content (AvgIpc) is 3.09. The van der Waals surface area contributed by atoms with E-state index in [0.717, 1.165) is 5.52 Å². The van der Waals surface area contributed by atoms with Gasteiger partial charge in [-0.25, -0.2) is 14.2 Å². The molecule has 1 heterocycles. The Morgan fingerprint density at radius 3 is 2.34 bits per heavy atom. The molecule has 2 amide bonds. The Balaban J connectivity index is 1.63. The standard InChI is InChI=1S/C21H15F4N5O2/c22-15-7-1-11(21(23,24)25)9-18(15)30(20(27)31)12-2-4-13(5-3-12)32-14-6-8-16-17(10-14)29-19(26)28-16/h1-10H,(H2,27,31)(H3,26,28,29). The maximum Gasteiger partial charge on any atom is 0.416 e. The van der Waals surface area contributed by atoms with Crippen LogP contribution in [-0.2, 0) is 6.18 Å². The third-order valence-electron chi connectivity index (χ3n) is 4.54. The molecule has 3 aromatic carbocycles. The van der Waals surface area contributed by atoms with E-state index in [1.165, 1.54) is 24.3 Å². The molecule has 11 heteroatoms. The van der Waals surface area contributed by atoms with Crippen LogP contribution in [0.1, 0.15) is 5.56 Å². The first-order chi connectivity index (χ1) is 15.1. The van der Waals surface area contributed by atoms with Crippen LogP contribution in [0.5, 0.6) is 11.5 Å². The highest BCUT2D eigenvalue weighted by atomic mass is 19.4. The van der Waals surface area contributed by atoms with Crippen LogP contribution in [0.15, 0.2) is 60.7 Å². The Morgan fingerprint density at radius 2 is 1.69 bits per heavy atom. The van der Waals surface area contributed by atoms with E-state index in [9.17, 15) is 22.4 Å². The Morgan fingerprint density at radius 1 is 1.00 bits per heavy atom. The molecule has 0 radical (unpaired) electrons. The molecule has 0 aliphatic carbocycles. The van der Waals surface area contributed by atoms with Crippen molar-refractivity contribution in [3.63, 3.8) is 0 Å². The zero-order valence-corrected chi connectivity index (χ0v) is 16.2. The summed E-state index contributed by atoms with van der Waals surface area (Å²) in [7, 11) is 0. The van der Waals surface area contributed by atoms with E-state index in [-0.39, 0.29) is 11.6 Å². The monoisotopic (exact) mass is 445 g/mol. The molecule has 32 heavy (non-hydrogen) atoms. The number of nitrogens with zero attached hydrogens (tertiary/aromatic N) is 2. The van der Waals surface area contributed by atoms with Crippen LogP contribution in [0.25, 0.3) is 11.0 Å². The topological polar surface area (TPSA) is 110 Å². The lowest BCUT2D eigenvalue weighted by Gasteiger charge is -2.22. The van der Waals surface area contributed by atoms with Crippen molar-refractivity contribution < 1.29 is 27.1 Å². The SMILES string of the molecule is NC(=O)N(c1ccc(Oc2ccc3[nH]c(N)nc3c2)cc1)c1cc(C(F)(F)F)ccc1F. The first-order valence-electron chi connectivity index (χ1n) is 9.11. The molecule has 0 saturated heterocycles. The molecule has 4 aromatic rings. The zero-order chi connectivity index (χ0) is 23.0. The molecule has 0 fully saturated rings. The number of benzene rings is 3. The lowest BCUT2D eigenvalue weighted by Crippen LogP contribution is -2.32. The van der Waals surface area contributed by atoms with Crippen LogP contribution >= 0.6 is 0 Å². The Hall–Kier alpha value is -4.28. The number of carbonyl (C=O) groups excluding carboxylic acids is 1. The number of carbonyl (C=O) groups is 1. The van der Waals surface area contributed by atoms with Gasteiger partial charge in [0.1, 0.15) is 17.3 Å². The molecule has 7 nitrogen and oxygen atoms in total. The summed E-state index contributed by atoms with van der Waals surface area (Å²) < 4.78 is 59.1. The van der Waals surface area contributed by atoms with Gasteiger partial charge in [-0.05, 0) is 54.6 Å². The minimum atomic E-state index is -4.72. The fourth-order valence-corrected chi connectivity index (χ4v) is 3.11. The third-order valence-corrected chi connectivity index (χ3v) is 4.54. The number of hydrogen-bond acceptors (Lipinski definition) is 4. The molecule has 0 bridgehead atoms. The second kappa shape index (κ2) is 7.76. The van der Waals surface area contributed by atoms with Crippen molar-refractivity contribution in [1.82, 2.24) is 9.97 Å². The van der Waals surface area contributed by atoms with Crippen LogP contribution in [0.2, 0.25) is 0 Å². The summed E-state index contributed by atoms with van der Waals surface area (Å²) in [6, 6.07) is 11.3. The largest absolute Gasteiger partial charge is 0.457 e. The molecule has 5 N–H and O–H groups in total. The minimum absolute atomic E-state index is 0.0543. The fourth-order valence-electron chi connectivity index (χ4n) is 3.11. The number of alkyl halides is 3. The number of fused-ring (bicyclic) bond motifs is 1. The summed E-state index contributed by atoms with van der Waals surface area (Å²) in [5, 5.41) is 0. The number of imidazole rings is 1. The van der Waals surface area contributed by atoms with Gasteiger partial charge in [0.15, 0.2) is 5.95 Å². The highest BCUT2D eigenvalue weighted by molar-refractivity contribution is 5.98. The van der Waals surface area contributed by atoms with Crippen LogP contribution in [0.3, 0.4) is 0 Å². The van der Waals surface area contributed by atoms with Gasteiger partial charge in [-0.15, -0.1) is 0 Å². The summed E-state index contributed by atoms with van der Waals surface area (Å²) in [4.78, 5) is 19.6. The van der Waals surface area contributed by atoms with Crippen LogP contribution < -0.4 is 21.1 Å². The smallest absolute Gasteiger partial charge is 0.416 e. The molecule has 0 saturated carbocycles. The van der Waals surface area contributed by atoms with Gasteiger partial charge in [-0.3, -0.25) is 4.90 Å². The summed E-state index contributed by atoms with van der Waals surface area (Å²) in [6.07, 6.45) is -4.72. The van der Waals surface area contributed by atoms with E-state index in [0.29, 0.717) is 40.1 Å². The number of H-pyrrole nitrogens is 1. The number of hydrogen-bond donors (Lipinski definition) is 3. The van der Waals surface area contributed by atoms with Gasteiger partial charge in [0, 0.05) is 6.07 Å². The number of nitrogen functional groups attached to an aromatic ring is 1. The van der Waals surface area contributed by atoms with E-state index in [1.54, 1.807) is 18.2 Å². The van der Waals surface area contributed by atoms with Crippen molar-refractivity contribution in [2.75, 3.05) is 10.6 Å². The second-order valence-corrected chi connectivity index (χ2v) is 6.73. The molecule has 0 unspecified atom stereocenters. The molecular formula is C21H15F4N5O2. The van der Waals surface area contributed by atoms with E-state index in [1.807, 2.05) is 0 Å². The maximum atomic E-state index is 14.3. The van der Waals surface area contributed by atoms with Gasteiger partial charge in [-0.1, -0.05) is 0 Å². The van der Waals surface area contributed by atoms with Gasteiger partial charge in [0.25, 0.3) is 0 Å². The highest BCUT2D eigenvalue weighted by Crippen LogP contribution is 2.36. The number of urea groups is 1. The number of rotatable bonds is 4. The van der Waals surface area contributed by atoms with Gasteiger partial charge in [0.05, 0.1) is 28.0 Å². The number of amides is 2. The lowest BCUT2D eigenvalue weighted by atomic mass is 10.1. The first kappa shape index (κ1) is 21.0. The summed E-state index contributed by atoms with van der Waals surface area (Å²) in [5.41, 5.74) is 10.6. The summed E-state index contributed by atoms with van der Waals surface area (Å²) in [6.45, 7) is 0. The van der Waals surface area contributed by atoms with Crippen molar-refractivity contribution in [2.24, 2.45) is 5.73 Å². The number of primary amides is 1. The predicted octanol–water partition coefficient (Wildman–Crippen LogP) is 5.31. The molecule has 0 aliphatic rings. The van der Waals surface area contributed by atoms with Crippen molar-refractivity contribution >= 4 is 34.4 Å². The van der Waals surface area contributed by atoms with Crippen molar-refractivity contribution in [3.05, 3.63) is 72.0 Å². The normalized spacial score (nSPS) is 11.5. The van der Waals surface area contributed by atoms with Crippen LogP contribution in [0, 0.1) is 5.82 Å². The van der Waals surface area contributed by atoms with Gasteiger partial charge in [0.2, 0.25) is 0 Å². The van der Waals surface area contributed by atoms with Crippen molar-refractivity contribution in [3.8, 4) is 11.5 Å². The van der Waals surface area contributed by atoms with E-state index in [4.69, 9.17) is 16.2 Å². The zero-order valence-electron chi connectivity index (χ0n) is 16.2. The van der Waals surface area contributed by atoms with Crippen molar-refractivity contribution in [1.29, 1.82) is 0 Å². The quantitative estimate of drug-likeness (QED) is 0.370. The van der Waals surface area contributed by atoms with E-state index < -0.39 is 29.3 Å². The number of halogens is 4. The van der Waals surface area contributed by atoms with Crippen molar-refractivity contribution in [2.45, 2.75) is 6.18 Å². The Bertz CT molecular complexity index is 1300. The number of anilines is 3. The summed E-state index contributed by atoms with van der Waals surface area (Å²) in [5.74, 6) is 0.0246. The minimum Gasteiger partial charge on any atom is -0.457 e. The number of aromatic amines is 1. The van der Waals surface area contributed by atoms with Gasteiger partial charge < -0.3 is 21.2 Å². The molecule has 0 atom stereocenters. The molecule has 1 aromatic heterocycles. The number of aromatic nitrogens is 2. The predicted molar refractivity (Wildman–Crippen MR) is 110 cm³/mol. The number of nitrogens with one attached hydrogen (secondary N) is 1. The molecule has 0 aliphatic heterocycles. The second-order valence-electron chi connectivity index (χ2n) is 6.73. The van der Waals surface area contributed by atoms with Crippen LogP contribution in [0.4, 0.5) is 39.7 Å². The van der Waals surface area contributed by atoms with Gasteiger partial charge >= 0.3 is 12.2 Å². The Labute approximate surface area is 178 Å². The van der Waals surface area contributed by atoms with Crippen LogP contribution in [-0.4, -0.2) is 16.0 Å². The first-order valence-corrected chi connectivity index (χ1v) is 9.11. The highest BCUT2D eigenvalue weighted by Gasteiger charge is 2.32. The van der Waals surface area contributed by atoms with E-state index >= 15 is 0 Å². The number of nitrogens with two attached hydrogens (primary N) is 2. The Kier molecular flexibility index (Phi) is 5.09. The summed E-state index contributed by atoms with van der Waals surface area (Å²) >= 11 is 0. The number of ether oxygens (including phenoxy) is 1. The maximum absolute atomic E-state index is 14.3. The molecular weight excluding hydrogens is 430 g/mol. The molecule has 4 rings (SSSR count). The molecule has 164 valence electrons. The third kappa shape index (κ3) is 4.13.